The maximum absolute atomic E-state index is 11.9. The summed E-state index contributed by atoms with van der Waals surface area (Å²) >= 11 is 0. The molecule has 0 rings (SSSR count). The number of unbranched alkanes of at least 4 members (excludes halogenated alkanes) is 11. The third kappa shape index (κ3) is 15.7. The number of ketones is 1. The van der Waals surface area contributed by atoms with Gasteiger partial charge in [0.2, 0.25) is 0 Å². The maximum Gasteiger partial charge on any atom is 1.00 e. The Morgan fingerprint density at radius 3 is 1.65 bits per heavy atom. The number of aliphatic hydroxyl groups excluding tert-OH is 1. The van der Waals surface area contributed by atoms with Gasteiger partial charge in [-0.2, -0.15) is 0 Å². The van der Waals surface area contributed by atoms with Crippen LogP contribution in [0.25, 0.3) is 0 Å². The molecule has 0 saturated heterocycles. The zero-order valence-electron chi connectivity index (χ0n) is 19.6. The Hall–Kier alpha value is 0.270. The third-order valence-corrected chi connectivity index (χ3v) is 5.02. The van der Waals surface area contributed by atoms with Crippen LogP contribution < -0.4 is 69.3 Å². The Morgan fingerprint density at radius 2 is 1.23 bits per heavy atom. The minimum Gasteiger partial charge on any atom is -0.547 e. The maximum atomic E-state index is 11.9. The zero-order chi connectivity index (χ0) is 22.1. The summed E-state index contributed by atoms with van der Waals surface area (Å²) in [6.45, 7) is 2.21. The van der Waals surface area contributed by atoms with Crippen LogP contribution in [0.5, 0.6) is 0 Å². The number of carboxylic acid groups (broad SMARTS) is 2. The molecule has 31 heavy (non-hydrogen) atoms. The second kappa shape index (κ2) is 22.1. The number of carboxylic acids is 2. The van der Waals surface area contributed by atoms with Crippen molar-refractivity contribution in [2.75, 3.05) is 0 Å². The fourth-order valence-electron chi connectivity index (χ4n) is 3.10. The van der Waals surface area contributed by atoms with Crippen LogP contribution in [0.1, 0.15) is 96.8 Å². The van der Waals surface area contributed by atoms with Gasteiger partial charge < -0.3 is 30.0 Å². The molecule has 0 aromatic heterocycles. The summed E-state index contributed by atoms with van der Waals surface area (Å²) in [6.07, 6.45) is 14.8. The monoisotopic (exact) mass is 458 g/mol. The van der Waals surface area contributed by atoms with Gasteiger partial charge in [-0.3, -0.25) is 4.79 Å². The quantitative estimate of drug-likeness (QED) is 0.0857. The molecule has 0 heterocycles. The van der Waals surface area contributed by atoms with Crippen molar-refractivity contribution in [3.05, 3.63) is 12.2 Å². The van der Waals surface area contributed by atoms with E-state index in [0.717, 1.165) is 32.1 Å². The Labute approximate surface area is 230 Å². The molecule has 0 fully saturated rings. The number of hydrogen-bond acceptors (Lipinski definition) is 7. The van der Waals surface area contributed by atoms with Crippen LogP contribution in [-0.4, -0.2) is 39.6 Å². The van der Waals surface area contributed by atoms with Gasteiger partial charge in [-0.25, -0.2) is 0 Å². The van der Waals surface area contributed by atoms with Crippen molar-refractivity contribution in [2.45, 2.75) is 109 Å². The van der Waals surface area contributed by atoms with Crippen molar-refractivity contribution in [2.24, 2.45) is 0 Å². The van der Waals surface area contributed by atoms with E-state index >= 15 is 0 Å². The van der Waals surface area contributed by atoms with Crippen LogP contribution >= 0.6 is 0 Å². The summed E-state index contributed by atoms with van der Waals surface area (Å²) in [6, 6.07) is 0. The van der Waals surface area contributed by atoms with Gasteiger partial charge in [0.25, 0.3) is 0 Å². The van der Waals surface area contributed by atoms with E-state index in [-0.39, 0.29) is 65.5 Å². The first kappa shape index (κ1) is 35.9. The molecular weight excluding hydrogens is 422 g/mol. The van der Waals surface area contributed by atoms with Crippen molar-refractivity contribution >= 4 is 17.7 Å². The van der Waals surface area contributed by atoms with Gasteiger partial charge in [-0.15, -0.1) is 0 Å². The zero-order valence-corrected chi connectivity index (χ0v) is 23.6. The van der Waals surface area contributed by atoms with Crippen LogP contribution in [0.4, 0.5) is 0 Å². The molecule has 0 bridgehead atoms. The molecule has 0 aromatic carbocycles. The fraction of sp³-hybridized carbons (Fsp3) is 0.773. The molecule has 7 nitrogen and oxygen atoms in total. The third-order valence-electron chi connectivity index (χ3n) is 5.02. The van der Waals surface area contributed by atoms with Crippen LogP contribution in [-0.2, 0) is 14.4 Å². The van der Waals surface area contributed by atoms with Gasteiger partial charge in [-0.1, -0.05) is 70.4 Å². The summed E-state index contributed by atoms with van der Waals surface area (Å²) in [5.41, 5.74) is -3.47. The SMILES string of the molecule is CCCCCCCC/C=C\CCCCCCCC(=O)C(O)(C(=O)[O-])C(O)C(=O)[O-].[Na+].[Na+]. The number of aliphatic carboxylic acids is 2. The molecule has 0 amide bonds. The number of rotatable bonds is 19. The molecular formula is C22H36Na2O7. The van der Waals surface area contributed by atoms with Gasteiger partial charge in [0, 0.05) is 6.42 Å². The summed E-state index contributed by atoms with van der Waals surface area (Å²) < 4.78 is 0. The topological polar surface area (TPSA) is 138 Å². The van der Waals surface area contributed by atoms with E-state index in [1.165, 1.54) is 38.5 Å². The van der Waals surface area contributed by atoms with E-state index in [1.807, 2.05) is 0 Å². The molecule has 0 aliphatic carbocycles. The first-order valence-corrected chi connectivity index (χ1v) is 10.8. The van der Waals surface area contributed by atoms with Gasteiger partial charge >= 0.3 is 59.1 Å². The van der Waals surface area contributed by atoms with Gasteiger partial charge in [0.05, 0.1) is 11.9 Å². The van der Waals surface area contributed by atoms with Crippen molar-refractivity contribution in [1.82, 2.24) is 0 Å². The van der Waals surface area contributed by atoms with E-state index in [2.05, 4.69) is 19.1 Å². The number of carbonyl (C=O) groups is 3. The van der Waals surface area contributed by atoms with E-state index in [0.29, 0.717) is 12.8 Å². The second-order valence-corrected chi connectivity index (χ2v) is 7.53. The average Bonchev–Trinajstić information content (AvgIpc) is 2.69. The first-order chi connectivity index (χ1) is 13.8. The molecule has 0 saturated carbocycles. The predicted molar refractivity (Wildman–Crippen MR) is 105 cm³/mol. The summed E-state index contributed by atoms with van der Waals surface area (Å²) in [5.74, 6) is -5.87. The van der Waals surface area contributed by atoms with E-state index in [9.17, 15) is 34.8 Å². The molecule has 0 aromatic rings. The molecule has 9 heteroatoms. The van der Waals surface area contributed by atoms with Gasteiger partial charge in [0.1, 0.15) is 6.10 Å². The molecule has 0 radical (unpaired) electrons. The molecule has 2 atom stereocenters. The second-order valence-electron chi connectivity index (χ2n) is 7.53. The van der Waals surface area contributed by atoms with Crippen LogP contribution in [0.3, 0.4) is 0 Å². The molecule has 0 aliphatic rings. The van der Waals surface area contributed by atoms with Crippen LogP contribution in [0.15, 0.2) is 12.2 Å². The normalized spacial score (nSPS) is 13.6. The Balaban J connectivity index is -0.00000392. The summed E-state index contributed by atoms with van der Waals surface area (Å²) in [7, 11) is 0. The number of allylic oxidation sites excluding steroid dienone is 2. The Kier molecular flexibility index (Phi) is 25.5. The fourth-order valence-corrected chi connectivity index (χ4v) is 3.10. The summed E-state index contributed by atoms with van der Waals surface area (Å²) in [4.78, 5) is 33.4. The number of carbonyl (C=O) groups excluding carboxylic acids is 3. The standard InChI is InChI=1S/C22H38O7.2Na/c1-2-3-4-5-6-7-8-9-10-11-12-13-14-15-16-17-18(23)22(29,21(27)28)19(24)20(25)26;;/h9-10,19,24,29H,2-8,11-17H2,1H3,(H,25,26)(H,27,28);;/q;2*+1/p-2/b10-9-;;. The molecule has 2 N–H and O–H groups in total. The molecule has 0 spiro atoms. The number of Topliss-reactive ketones (excluding diaryl/α,β-unsaturated/α-hetero) is 1. The molecule has 0 aliphatic heterocycles. The van der Waals surface area contributed by atoms with Crippen molar-refractivity contribution in [3.8, 4) is 0 Å². The molecule has 168 valence electrons. The van der Waals surface area contributed by atoms with E-state index in [1.54, 1.807) is 0 Å². The largest absolute Gasteiger partial charge is 1.00 e. The Bertz CT molecular complexity index is 526. The number of aliphatic hydroxyl groups is 2. The van der Waals surface area contributed by atoms with Gasteiger partial charge in [0.15, 0.2) is 11.4 Å². The molecule has 2 unspecified atom stereocenters. The smallest absolute Gasteiger partial charge is 0.547 e. The van der Waals surface area contributed by atoms with Crippen molar-refractivity contribution in [3.63, 3.8) is 0 Å². The van der Waals surface area contributed by atoms with Crippen molar-refractivity contribution in [1.29, 1.82) is 0 Å². The van der Waals surface area contributed by atoms with Crippen molar-refractivity contribution < 1.29 is 93.9 Å². The van der Waals surface area contributed by atoms with Crippen LogP contribution in [0, 0.1) is 0 Å². The number of hydrogen-bond donors (Lipinski definition) is 2. The Morgan fingerprint density at radius 1 is 0.806 bits per heavy atom. The van der Waals surface area contributed by atoms with E-state index in [4.69, 9.17) is 0 Å². The minimum absolute atomic E-state index is 0. The van der Waals surface area contributed by atoms with E-state index < -0.39 is 29.4 Å². The average molecular weight is 459 g/mol. The first-order valence-electron chi connectivity index (χ1n) is 10.8. The minimum atomic E-state index is -3.47. The van der Waals surface area contributed by atoms with Gasteiger partial charge in [-0.05, 0) is 32.1 Å². The predicted octanol–water partition coefficient (Wildman–Crippen LogP) is -4.81. The van der Waals surface area contributed by atoms with Crippen LogP contribution in [0.2, 0.25) is 0 Å². The summed E-state index contributed by atoms with van der Waals surface area (Å²) in [5, 5.41) is 40.5.